The fourth-order valence-electron chi connectivity index (χ4n) is 4.01. The number of nitrogens with zero attached hydrogens (tertiary/aromatic N) is 2. The highest BCUT2D eigenvalue weighted by molar-refractivity contribution is 6.06. The second-order valence-corrected chi connectivity index (χ2v) is 6.67. The van der Waals surface area contributed by atoms with E-state index in [0.29, 0.717) is 11.3 Å². The molecule has 1 aliphatic heterocycles. The van der Waals surface area contributed by atoms with E-state index in [1.165, 1.54) is 13.3 Å². The van der Waals surface area contributed by atoms with E-state index in [9.17, 15) is 14.4 Å². The predicted octanol–water partition coefficient (Wildman–Crippen LogP) is 1.38. The minimum absolute atomic E-state index is 0.164. The molecule has 1 heterocycles. The van der Waals surface area contributed by atoms with E-state index in [0.717, 1.165) is 11.4 Å². The zero-order valence-electron chi connectivity index (χ0n) is 14.2. The Labute approximate surface area is 150 Å². The Hall–Kier alpha value is -2.96. The van der Waals surface area contributed by atoms with Crippen LogP contribution in [0.15, 0.2) is 41.5 Å². The molecule has 1 aromatic carbocycles. The van der Waals surface area contributed by atoms with Crippen molar-refractivity contribution in [2.75, 3.05) is 13.7 Å². The molecule has 2 bridgehead atoms. The first-order valence-electron chi connectivity index (χ1n) is 8.48. The van der Waals surface area contributed by atoms with Gasteiger partial charge in [-0.05, 0) is 36.0 Å². The number of allylic oxidation sites excluding steroid dienone is 2. The van der Waals surface area contributed by atoms with Crippen LogP contribution in [0.1, 0.15) is 12.0 Å². The van der Waals surface area contributed by atoms with Crippen LogP contribution in [0.3, 0.4) is 0 Å². The lowest BCUT2D eigenvalue weighted by Gasteiger charge is -2.13. The molecule has 3 aliphatic rings. The molecule has 0 radical (unpaired) electrons. The van der Waals surface area contributed by atoms with Gasteiger partial charge in [0, 0.05) is 0 Å². The predicted molar refractivity (Wildman–Crippen MR) is 91.1 cm³/mol. The first-order valence-corrected chi connectivity index (χ1v) is 8.48. The topological polar surface area (TPSA) is 85.3 Å². The van der Waals surface area contributed by atoms with Crippen molar-refractivity contribution in [2.45, 2.75) is 6.42 Å². The van der Waals surface area contributed by atoms with Gasteiger partial charge < -0.3 is 9.47 Å². The second kappa shape index (κ2) is 6.40. The number of amides is 2. The fraction of sp³-hybridized carbons (Fsp3) is 0.368. The third-order valence-corrected chi connectivity index (χ3v) is 5.21. The molecule has 1 saturated carbocycles. The summed E-state index contributed by atoms with van der Waals surface area (Å²) in [7, 11) is 1.29. The summed E-state index contributed by atoms with van der Waals surface area (Å²) in [6.45, 7) is -0.195. The number of hydrazone groups is 1. The SMILES string of the molecule is COC(=O)COc1cccc(C=NN2C(=O)[C@@H]3[C@H](C2=O)[C@H]2C=C[C@H]3C2)c1. The van der Waals surface area contributed by atoms with E-state index in [4.69, 9.17) is 4.74 Å². The zero-order chi connectivity index (χ0) is 18.3. The third kappa shape index (κ3) is 2.69. The van der Waals surface area contributed by atoms with Crippen molar-refractivity contribution in [3.8, 4) is 5.75 Å². The van der Waals surface area contributed by atoms with Gasteiger partial charge in [0.15, 0.2) is 6.61 Å². The van der Waals surface area contributed by atoms with Crippen LogP contribution in [0.25, 0.3) is 0 Å². The summed E-state index contributed by atoms with van der Waals surface area (Å²) in [5.41, 5.74) is 0.658. The monoisotopic (exact) mass is 354 g/mol. The molecule has 0 unspecified atom stereocenters. The Morgan fingerprint density at radius 3 is 2.58 bits per heavy atom. The normalized spacial score (nSPS) is 28.9. The molecule has 0 aromatic heterocycles. The summed E-state index contributed by atoms with van der Waals surface area (Å²) in [5, 5.41) is 5.12. The Bertz CT molecular complexity index is 801. The van der Waals surface area contributed by atoms with Crippen LogP contribution in [-0.2, 0) is 19.1 Å². The fourth-order valence-corrected chi connectivity index (χ4v) is 4.01. The van der Waals surface area contributed by atoms with Crippen LogP contribution in [0.5, 0.6) is 5.75 Å². The van der Waals surface area contributed by atoms with E-state index >= 15 is 0 Å². The van der Waals surface area contributed by atoms with Crippen molar-refractivity contribution in [1.82, 2.24) is 5.01 Å². The molecule has 134 valence electrons. The molecule has 26 heavy (non-hydrogen) atoms. The van der Waals surface area contributed by atoms with Gasteiger partial charge in [0.05, 0.1) is 25.2 Å². The van der Waals surface area contributed by atoms with Gasteiger partial charge in [0.1, 0.15) is 5.75 Å². The molecule has 0 spiro atoms. The molecule has 2 fully saturated rings. The van der Waals surface area contributed by atoms with Gasteiger partial charge in [-0.2, -0.15) is 10.1 Å². The summed E-state index contributed by atoms with van der Waals surface area (Å²) >= 11 is 0. The number of benzene rings is 1. The quantitative estimate of drug-likeness (QED) is 0.345. The van der Waals surface area contributed by atoms with Crippen LogP contribution in [0, 0.1) is 23.7 Å². The first-order chi connectivity index (χ1) is 12.6. The number of hydrogen-bond donors (Lipinski definition) is 0. The molecule has 4 atom stereocenters. The number of fused-ring (bicyclic) bond motifs is 5. The van der Waals surface area contributed by atoms with Gasteiger partial charge in [0.2, 0.25) is 0 Å². The number of esters is 1. The molecule has 0 N–H and O–H groups in total. The molecule has 1 saturated heterocycles. The van der Waals surface area contributed by atoms with Gasteiger partial charge in [-0.15, -0.1) is 0 Å². The molecule has 2 aliphatic carbocycles. The summed E-state index contributed by atoms with van der Waals surface area (Å²) in [4.78, 5) is 36.3. The highest BCUT2D eigenvalue weighted by Crippen LogP contribution is 2.52. The maximum Gasteiger partial charge on any atom is 0.343 e. The highest BCUT2D eigenvalue weighted by Gasteiger charge is 2.59. The average Bonchev–Trinajstić information content (AvgIpc) is 3.33. The van der Waals surface area contributed by atoms with E-state index < -0.39 is 5.97 Å². The van der Waals surface area contributed by atoms with Crippen LogP contribution < -0.4 is 4.74 Å². The Balaban J connectivity index is 1.46. The maximum absolute atomic E-state index is 12.6. The zero-order valence-corrected chi connectivity index (χ0v) is 14.2. The number of carbonyl (C=O) groups excluding carboxylic acids is 3. The lowest BCUT2D eigenvalue weighted by Crippen LogP contribution is -2.28. The molecule has 2 amide bonds. The summed E-state index contributed by atoms with van der Waals surface area (Å²) in [6.07, 6.45) is 6.44. The minimum atomic E-state index is -0.480. The number of carbonyl (C=O) groups is 3. The summed E-state index contributed by atoms with van der Waals surface area (Å²) in [5.74, 6) is -0.635. The number of ether oxygens (including phenoxy) is 2. The molecular formula is C19H18N2O5. The van der Waals surface area contributed by atoms with Crippen molar-refractivity contribution < 1.29 is 23.9 Å². The van der Waals surface area contributed by atoms with Gasteiger partial charge in [-0.1, -0.05) is 24.3 Å². The number of rotatable bonds is 5. The van der Waals surface area contributed by atoms with Crippen LogP contribution in [0.4, 0.5) is 0 Å². The van der Waals surface area contributed by atoms with E-state index in [1.807, 2.05) is 12.2 Å². The van der Waals surface area contributed by atoms with Crippen LogP contribution in [0.2, 0.25) is 0 Å². The van der Waals surface area contributed by atoms with Crippen molar-refractivity contribution >= 4 is 24.0 Å². The molecule has 4 rings (SSSR count). The van der Waals surface area contributed by atoms with Crippen molar-refractivity contribution in [1.29, 1.82) is 0 Å². The summed E-state index contributed by atoms with van der Waals surface area (Å²) in [6, 6.07) is 6.87. The highest BCUT2D eigenvalue weighted by atomic mass is 16.6. The van der Waals surface area contributed by atoms with Gasteiger partial charge in [0.25, 0.3) is 11.8 Å². The lowest BCUT2D eigenvalue weighted by molar-refractivity contribution is -0.143. The van der Waals surface area contributed by atoms with E-state index in [1.54, 1.807) is 24.3 Å². The molecule has 1 aromatic rings. The largest absolute Gasteiger partial charge is 0.482 e. The van der Waals surface area contributed by atoms with Crippen LogP contribution in [-0.4, -0.2) is 42.7 Å². The van der Waals surface area contributed by atoms with Crippen molar-refractivity contribution in [3.05, 3.63) is 42.0 Å². The molecule has 7 nitrogen and oxygen atoms in total. The average molecular weight is 354 g/mol. The second-order valence-electron chi connectivity index (χ2n) is 6.67. The van der Waals surface area contributed by atoms with Gasteiger partial charge >= 0.3 is 5.97 Å². The van der Waals surface area contributed by atoms with Gasteiger partial charge in [-0.25, -0.2) is 4.79 Å². The van der Waals surface area contributed by atoms with E-state index in [-0.39, 0.29) is 42.1 Å². The van der Waals surface area contributed by atoms with Crippen LogP contribution >= 0.6 is 0 Å². The Kier molecular flexibility index (Phi) is 4.06. The van der Waals surface area contributed by atoms with Crippen molar-refractivity contribution in [2.24, 2.45) is 28.8 Å². The minimum Gasteiger partial charge on any atom is -0.482 e. The Morgan fingerprint density at radius 1 is 1.23 bits per heavy atom. The standard InChI is InChI=1S/C19H18N2O5/c1-25-15(22)10-26-14-4-2-3-11(7-14)9-20-21-18(23)16-12-5-6-13(8-12)17(16)19(21)24/h2-7,9,12-13,16-17H,8,10H2,1H3/t12-,13-,16-,17+/m0/s1. The maximum atomic E-state index is 12.6. The first kappa shape index (κ1) is 16.5. The summed E-state index contributed by atoms with van der Waals surface area (Å²) < 4.78 is 9.84. The molecular weight excluding hydrogens is 336 g/mol. The third-order valence-electron chi connectivity index (χ3n) is 5.21. The number of methoxy groups -OCH3 is 1. The number of hydrogen-bond acceptors (Lipinski definition) is 6. The smallest absolute Gasteiger partial charge is 0.343 e. The van der Waals surface area contributed by atoms with Crippen molar-refractivity contribution in [3.63, 3.8) is 0 Å². The van der Waals surface area contributed by atoms with E-state index in [2.05, 4.69) is 9.84 Å². The molecule has 7 heteroatoms. The lowest BCUT2D eigenvalue weighted by atomic mass is 9.85. The number of imide groups is 1. The Morgan fingerprint density at radius 2 is 1.92 bits per heavy atom. The van der Waals surface area contributed by atoms with Gasteiger partial charge in [-0.3, -0.25) is 9.59 Å².